The van der Waals surface area contributed by atoms with Crippen LogP contribution in [0.3, 0.4) is 0 Å². The Morgan fingerprint density at radius 3 is 2.68 bits per heavy atom. The summed E-state index contributed by atoms with van der Waals surface area (Å²) in [5, 5.41) is 0. The molecule has 1 aliphatic rings. The van der Waals surface area contributed by atoms with Gasteiger partial charge in [-0.2, -0.15) is 0 Å². The molecular formula is C15H22F2N2. The maximum Gasteiger partial charge on any atom is 0.130 e. The van der Waals surface area contributed by atoms with Crippen LogP contribution in [0.2, 0.25) is 0 Å². The minimum Gasteiger partial charge on any atom is -0.323 e. The van der Waals surface area contributed by atoms with Gasteiger partial charge in [-0.3, -0.25) is 4.90 Å². The van der Waals surface area contributed by atoms with E-state index in [-0.39, 0.29) is 0 Å². The number of rotatable bonds is 7. The lowest BCUT2D eigenvalue weighted by atomic mass is 10.1. The molecule has 106 valence electrons. The predicted octanol–water partition coefficient (Wildman–Crippen LogP) is 3.23. The number of halogens is 2. The molecule has 1 atom stereocenters. The molecule has 0 radical (unpaired) electrons. The lowest BCUT2D eigenvalue weighted by Crippen LogP contribution is -2.35. The number of hydrogen-bond donors (Lipinski definition) is 1. The van der Waals surface area contributed by atoms with E-state index >= 15 is 0 Å². The molecule has 2 rings (SSSR count). The minimum atomic E-state index is -0.557. The Balaban J connectivity index is 1.99. The first-order chi connectivity index (χ1) is 9.11. The zero-order chi connectivity index (χ0) is 13.8. The van der Waals surface area contributed by atoms with Crippen molar-refractivity contribution < 1.29 is 8.78 Å². The van der Waals surface area contributed by atoms with E-state index < -0.39 is 17.7 Å². The lowest BCUT2D eigenvalue weighted by molar-refractivity contribution is 0.242. The van der Waals surface area contributed by atoms with Crippen LogP contribution in [0.15, 0.2) is 18.2 Å². The first kappa shape index (κ1) is 14.4. The Morgan fingerprint density at radius 1 is 1.37 bits per heavy atom. The Hall–Kier alpha value is -1.00. The lowest BCUT2D eigenvalue weighted by Gasteiger charge is -2.25. The minimum absolute atomic E-state index is 0.391. The monoisotopic (exact) mass is 268 g/mol. The van der Waals surface area contributed by atoms with Gasteiger partial charge in [0.25, 0.3) is 0 Å². The topological polar surface area (TPSA) is 29.3 Å². The second-order valence-corrected chi connectivity index (χ2v) is 5.35. The molecule has 2 nitrogen and oxygen atoms in total. The summed E-state index contributed by atoms with van der Waals surface area (Å²) in [5.41, 5.74) is 6.49. The van der Waals surface area contributed by atoms with Gasteiger partial charge in [0.2, 0.25) is 0 Å². The maximum atomic E-state index is 13.7. The summed E-state index contributed by atoms with van der Waals surface area (Å²) in [6.45, 7) is 3.82. The van der Waals surface area contributed by atoms with Crippen LogP contribution in [0.5, 0.6) is 0 Å². The second-order valence-electron chi connectivity index (χ2n) is 5.35. The van der Waals surface area contributed by atoms with Gasteiger partial charge in [-0.05, 0) is 31.9 Å². The average molecular weight is 268 g/mol. The fraction of sp³-hybridized carbons (Fsp3) is 0.600. The van der Waals surface area contributed by atoms with Crippen molar-refractivity contribution in [2.24, 2.45) is 5.73 Å². The molecule has 19 heavy (non-hydrogen) atoms. The fourth-order valence-corrected chi connectivity index (χ4v) is 2.38. The normalized spacial score (nSPS) is 16.9. The summed E-state index contributed by atoms with van der Waals surface area (Å²) < 4.78 is 26.6. The summed E-state index contributed by atoms with van der Waals surface area (Å²) in [5.74, 6) is -1.10. The highest BCUT2D eigenvalue weighted by Crippen LogP contribution is 2.29. The van der Waals surface area contributed by atoms with Gasteiger partial charge in [0, 0.05) is 30.3 Å². The summed E-state index contributed by atoms with van der Waals surface area (Å²) >= 11 is 0. The van der Waals surface area contributed by atoms with Crippen LogP contribution in [0.4, 0.5) is 8.78 Å². The molecule has 0 bridgehead atoms. The largest absolute Gasteiger partial charge is 0.323 e. The highest BCUT2D eigenvalue weighted by Gasteiger charge is 2.30. The van der Waals surface area contributed by atoms with Crippen molar-refractivity contribution in [3.63, 3.8) is 0 Å². The molecule has 1 saturated carbocycles. The van der Waals surface area contributed by atoms with Gasteiger partial charge in [0.1, 0.15) is 11.6 Å². The van der Waals surface area contributed by atoms with Crippen LogP contribution < -0.4 is 5.73 Å². The highest BCUT2D eigenvalue weighted by atomic mass is 19.1. The molecule has 1 fully saturated rings. The van der Waals surface area contributed by atoms with Crippen LogP contribution in [0.25, 0.3) is 0 Å². The zero-order valence-electron chi connectivity index (χ0n) is 11.4. The third-order valence-corrected chi connectivity index (χ3v) is 3.66. The van der Waals surface area contributed by atoms with E-state index in [1.807, 2.05) is 0 Å². The molecule has 0 saturated heterocycles. The zero-order valence-corrected chi connectivity index (χ0v) is 11.4. The van der Waals surface area contributed by atoms with Crippen LogP contribution in [-0.2, 0) is 0 Å². The van der Waals surface area contributed by atoms with Crippen molar-refractivity contribution in [1.82, 2.24) is 4.90 Å². The number of unbranched alkanes of at least 4 members (excludes halogenated alkanes) is 1. The molecule has 1 aliphatic carbocycles. The second kappa shape index (κ2) is 6.44. The van der Waals surface area contributed by atoms with Crippen LogP contribution >= 0.6 is 0 Å². The van der Waals surface area contributed by atoms with Gasteiger partial charge in [-0.25, -0.2) is 8.78 Å². The quantitative estimate of drug-likeness (QED) is 0.822. The van der Waals surface area contributed by atoms with Gasteiger partial charge in [0.15, 0.2) is 0 Å². The van der Waals surface area contributed by atoms with Crippen molar-refractivity contribution >= 4 is 0 Å². The molecule has 1 aromatic carbocycles. The van der Waals surface area contributed by atoms with Crippen molar-refractivity contribution in [2.45, 2.75) is 44.7 Å². The standard InChI is InChI=1S/C15H22F2N2/c1-2-3-8-19(12-5-6-12)10-15(18)13-7-4-11(16)9-14(13)17/h4,7,9,12,15H,2-3,5-6,8,10,18H2,1H3. The number of hydrogen-bond acceptors (Lipinski definition) is 2. The molecule has 0 aromatic heterocycles. The Labute approximate surface area is 113 Å². The summed E-state index contributed by atoms with van der Waals surface area (Å²) in [4.78, 5) is 2.34. The molecule has 1 unspecified atom stereocenters. The molecule has 0 heterocycles. The maximum absolute atomic E-state index is 13.7. The van der Waals surface area contributed by atoms with E-state index in [2.05, 4.69) is 11.8 Å². The fourth-order valence-electron chi connectivity index (χ4n) is 2.38. The Kier molecular flexibility index (Phi) is 4.88. The SMILES string of the molecule is CCCCN(CC(N)c1ccc(F)cc1F)C1CC1. The molecule has 2 N–H and O–H groups in total. The first-order valence-electron chi connectivity index (χ1n) is 7.06. The van der Waals surface area contributed by atoms with E-state index in [0.29, 0.717) is 18.2 Å². The molecule has 0 spiro atoms. The first-order valence-corrected chi connectivity index (χ1v) is 7.06. The number of nitrogens with two attached hydrogens (primary N) is 1. The Morgan fingerprint density at radius 2 is 2.11 bits per heavy atom. The van der Waals surface area contributed by atoms with Gasteiger partial charge in [0.05, 0.1) is 0 Å². The van der Waals surface area contributed by atoms with Crippen molar-refractivity contribution in [3.8, 4) is 0 Å². The van der Waals surface area contributed by atoms with Gasteiger partial charge in [-0.15, -0.1) is 0 Å². The third-order valence-electron chi connectivity index (χ3n) is 3.66. The summed E-state index contributed by atoms with van der Waals surface area (Å²) in [6, 6.07) is 3.86. The van der Waals surface area contributed by atoms with E-state index in [9.17, 15) is 8.78 Å². The van der Waals surface area contributed by atoms with E-state index in [4.69, 9.17) is 5.73 Å². The number of nitrogens with zero attached hydrogens (tertiary/aromatic N) is 1. The summed E-state index contributed by atoms with van der Waals surface area (Å²) in [7, 11) is 0. The molecular weight excluding hydrogens is 246 g/mol. The third kappa shape index (κ3) is 3.98. The van der Waals surface area contributed by atoms with Gasteiger partial charge in [-0.1, -0.05) is 19.4 Å². The van der Waals surface area contributed by atoms with Crippen LogP contribution in [-0.4, -0.2) is 24.0 Å². The predicted molar refractivity (Wildman–Crippen MR) is 72.8 cm³/mol. The number of benzene rings is 1. The molecule has 0 aliphatic heterocycles. The van der Waals surface area contributed by atoms with Gasteiger partial charge < -0.3 is 5.73 Å². The van der Waals surface area contributed by atoms with Gasteiger partial charge >= 0.3 is 0 Å². The average Bonchev–Trinajstić information content (AvgIpc) is 3.18. The molecule has 0 amide bonds. The van der Waals surface area contributed by atoms with Crippen molar-refractivity contribution in [3.05, 3.63) is 35.4 Å². The molecule has 4 heteroatoms. The smallest absolute Gasteiger partial charge is 0.130 e. The Bertz CT molecular complexity index is 419. The van der Waals surface area contributed by atoms with Crippen LogP contribution in [0, 0.1) is 11.6 Å². The van der Waals surface area contributed by atoms with Crippen molar-refractivity contribution in [2.75, 3.05) is 13.1 Å². The van der Waals surface area contributed by atoms with E-state index in [0.717, 1.165) is 25.5 Å². The summed E-state index contributed by atoms with van der Waals surface area (Å²) in [6.07, 6.45) is 4.70. The highest BCUT2D eigenvalue weighted by molar-refractivity contribution is 5.22. The van der Waals surface area contributed by atoms with E-state index in [1.165, 1.54) is 25.0 Å². The van der Waals surface area contributed by atoms with Crippen molar-refractivity contribution in [1.29, 1.82) is 0 Å². The van der Waals surface area contributed by atoms with Crippen LogP contribution in [0.1, 0.15) is 44.2 Å². The molecule has 1 aromatic rings. The van der Waals surface area contributed by atoms with E-state index in [1.54, 1.807) is 0 Å².